The second kappa shape index (κ2) is 5.22. The van der Waals surface area contributed by atoms with E-state index in [1.807, 2.05) is 6.07 Å². The van der Waals surface area contributed by atoms with Gasteiger partial charge in [0.1, 0.15) is 5.75 Å². The van der Waals surface area contributed by atoms with Gasteiger partial charge in [-0.05, 0) is 47.2 Å². The molecule has 0 atom stereocenters. The largest absolute Gasteiger partial charge is 0.497 e. The van der Waals surface area contributed by atoms with Gasteiger partial charge in [-0.1, -0.05) is 38.1 Å². The molecule has 0 fully saturated rings. The molecule has 0 aliphatic carbocycles. The first kappa shape index (κ1) is 12.0. The van der Waals surface area contributed by atoms with Crippen molar-refractivity contribution in [3.63, 3.8) is 0 Å². The van der Waals surface area contributed by atoms with Gasteiger partial charge in [-0.2, -0.15) is 0 Å². The minimum absolute atomic E-state index is 0.765. The normalized spacial score (nSPS) is 11.1. The fraction of sp³-hybridized carbons (Fsp3) is 0.375. The highest BCUT2D eigenvalue weighted by atomic mass is 16.5. The van der Waals surface area contributed by atoms with Crippen molar-refractivity contribution in [1.82, 2.24) is 0 Å². The van der Waals surface area contributed by atoms with Gasteiger partial charge in [0.2, 0.25) is 0 Å². The van der Waals surface area contributed by atoms with Gasteiger partial charge in [0, 0.05) is 0 Å². The lowest BCUT2D eigenvalue weighted by atomic mass is 10.00. The monoisotopic (exact) mass is 228 g/mol. The summed E-state index contributed by atoms with van der Waals surface area (Å²) in [7, 11) is 1.71. The first-order valence-corrected chi connectivity index (χ1v) is 6.25. The predicted octanol–water partition coefficient (Wildman–Crippen LogP) is 4.44. The molecule has 17 heavy (non-hydrogen) atoms. The van der Waals surface area contributed by atoms with Crippen molar-refractivity contribution in [2.24, 2.45) is 5.92 Å². The fourth-order valence-corrected chi connectivity index (χ4v) is 2.01. The molecule has 0 amide bonds. The van der Waals surface area contributed by atoms with Crippen molar-refractivity contribution < 1.29 is 4.74 Å². The molecule has 90 valence electrons. The molecule has 2 aromatic carbocycles. The third-order valence-corrected chi connectivity index (χ3v) is 3.12. The lowest BCUT2D eigenvalue weighted by molar-refractivity contribution is 0.415. The number of methoxy groups -OCH3 is 1. The Labute approximate surface area is 103 Å². The molecular formula is C16H20O. The molecule has 0 heterocycles. The fourth-order valence-electron chi connectivity index (χ4n) is 2.01. The molecule has 0 saturated carbocycles. The van der Waals surface area contributed by atoms with E-state index in [4.69, 9.17) is 4.74 Å². The minimum atomic E-state index is 0.765. The smallest absolute Gasteiger partial charge is 0.119 e. The maximum absolute atomic E-state index is 5.23. The molecule has 0 saturated heterocycles. The molecule has 0 N–H and O–H groups in total. The summed E-state index contributed by atoms with van der Waals surface area (Å²) in [5, 5.41) is 2.55. The van der Waals surface area contributed by atoms with Crippen LogP contribution in [0.1, 0.15) is 25.8 Å². The third-order valence-electron chi connectivity index (χ3n) is 3.12. The zero-order valence-corrected chi connectivity index (χ0v) is 10.9. The molecule has 0 aliphatic heterocycles. The van der Waals surface area contributed by atoms with E-state index in [0.717, 1.165) is 11.7 Å². The molecule has 0 radical (unpaired) electrons. The predicted molar refractivity (Wildman–Crippen MR) is 73.7 cm³/mol. The van der Waals surface area contributed by atoms with Crippen LogP contribution in [0, 0.1) is 5.92 Å². The van der Waals surface area contributed by atoms with Crippen LogP contribution in [0.2, 0.25) is 0 Å². The molecule has 0 aliphatic rings. The van der Waals surface area contributed by atoms with E-state index >= 15 is 0 Å². The van der Waals surface area contributed by atoms with Crippen LogP contribution >= 0.6 is 0 Å². The van der Waals surface area contributed by atoms with E-state index in [1.165, 1.54) is 29.2 Å². The number of rotatable bonds is 4. The summed E-state index contributed by atoms with van der Waals surface area (Å²) in [5.41, 5.74) is 1.43. The highest BCUT2D eigenvalue weighted by Gasteiger charge is 2.00. The van der Waals surface area contributed by atoms with Crippen molar-refractivity contribution in [3.8, 4) is 5.75 Å². The summed E-state index contributed by atoms with van der Waals surface area (Å²) in [6.07, 6.45) is 2.42. The average molecular weight is 228 g/mol. The molecular weight excluding hydrogens is 208 g/mol. The van der Waals surface area contributed by atoms with Gasteiger partial charge in [-0.3, -0.25) is 0 Å². The second-order valence-electron chi connectivity index (χ2n) is 4.98. The van der Waals surface area contributed by atoms with Gasteiger partial charge in [-0.15, -0.1) is 0 Å². The van der Waals surface area contributed by atoms with Crippen LogP contribution < -0.4 is 4.74 Å². The first-order chi connectivity index (χ1) is 8.19. The summed E-state index contributed by atoms with van der Waals surface area (Å²) in [4.78, 5) is 0. The summed E-state index contributed by atoms with van der Waals surface area (Å²) < 4.78 is 5.23. The average Bonchev–Trinajstić information content (AvgIpc) is 2.35. The van der Waals surface area contributed by atoms with Crippen molar-refractivity contribution in [1.29, 1.82) is 0 Å². The molecule has 0 bridgehead atoms. The van der Waals surface area contributed by atoms with Crippen LogP contribution in [0.25, 0.3) is 10.8 Å². The van der Waals surface area contributed by atoms with E-state index in [2.05, 4.69) is 44.2 Å². The van der Waals surface area contributed by atoms with Crippen LogP contribution in [0.4, 0.5) is 0 Å². The highest BCUT2D eigenvalue weighted by molar-refractivity contribution is 5.84. The van der Waals surface area contributed by atoms with Crippen molar-refractivity contribution in [2.45, 2.75) is 26.7 Å². The zero-order valence-electron chi connectivity index (χ0n) is 10.9. The number of ether oxygens (including phenoxy) is 1. The maximum atomic E-state index is 5.23. The van der Waals surface area contributed by atoms with Crippen molar-refractivity contribution >= 4 is 10.8 Å². The Morgan fingerprint density at radius 2 is 1.71 bits per heavy atom. The molecule has 0 aromatic heterocycles. The quantitative estimate of drug-likeness (QED) is 0.752. The van der Waals surface area contributed by atoms with Gasteiger partial charge in [0.05, 0.1) is 7.11 Å². The Morgan fingerprint density at radius 1 is 1.00 bits per heavy atom. The number of benzene rings is 2. The van der Waals surface area contributed by atoms with Crippen molar-refractivity contribution in [2.75, 3.05) is 7.11 Å². The van der Waals surface area contributed by atoms with Crippen molar-refractivity contribution in [3.05, 3.63) is 42.0 Å². The SMILES string of the molecule is COc1ccc2cc(CCC(C)C)ccc2c1. The second-order valence-corrected chi connectivity index (χ2v) is 4.98. The van der Waals surface area contributed by atoms with E-state index in [0.29, 0.717) is 0 Å². The van der Waals surface area contributed by atoms with Crippen LogP contribution in [0.5, 0.6) is 5.75 Å². The van der Waals surface area contributed by atoms with Crippen LogP contribution in [0.15, 0.2) is 36.4 Å². The van der Waals surface area contributed by atoms with Gasteiger partial charge >= 0.3 is 0 Å². The Bertz CT molecular complexity index is 500. The highest BCUT2D eigenvalue weighted by Crippen LogP contribution is 2.22. The van der Waals surface area contributed by atoms with Crippen LogP contribution in [-0.2, 0) is 6.42 Å². The topological polar surface area (TPSA) is 9.23 Å². The molecule has 0 spiro atoms. The third kappa shape index (κ3) is 3.00. The van der Waals surface area contributed by atoms with E-state index < -0.39 is 0 Å². The molecule has 0 unspecified atom stereocenters. The van der Waals surface area contributed by atoms with Gasteiger partial charge in [0.15, 0.2) is 0 Å². The summed E-state index contributed by atoms with van der Waals surface area (Å²) in [6.45, 7) is 4.54. The molecule has 1 heteroatoms. The van der Waals surface area contributed by atoms with Gasteiger partial charge in [-0.25, -0.2) is 0 Å². The summed E-state index contributed by atoms with van der Waals surface area (Å²) in [5.74, 6) is 1.69. The minimum Gasteiger partial charge on any atom is -0.497 e. The molecule has 2 aromatic rings. The Balaban J connectivity index is 2.25. The number of aryl methyl sites for hydroxylation is 1. The van der Waals surface area contributed by atoms with E-state index in [-0.39, 0.29) is 0 Å². The molecule has 2 rings (SSSR count). The van der Waals surface area contributed by atoms with Crippen LogP contribution in [0.3, 0.4) is 0 Å². The summed E-state index contributed by atoms with van der Waals surface area (Å²) >= 11 is 0. The van der Waals surface area contributed by atoms with E-state index in [1.54, 1.807) is 7.11 Å². The Hall–Kier alpha value is -1.50. The van der Waals surface area contributed by atoms with Crippen LogP contribution in [-0.4, -0.2) is 7.11 Å². The molecule has 1 nitrogen and oxygen atoms in total. The zero-order chi connectivity index (χ0) is 12.3. The Kier molecular flexibility index (Phi) is 3.68. The number of fused-ring (bicyclic) bond motifs is 1. The van der Waals surface area contributed by atoms with E-state index in [9.17, 15) is 0 Å². The maximum Gasteiger partial charge on any atom is 0.119 e. The standard InChI is InChI=1S/C16H20O/c1-12(2)4-5-13-6-7-15-11-16(17-3)9-8-14(15)10-13/h6-12H,4-5H2,1-3H3. The lowest BCUT2D eigenvalue weighted by Gasteiger charge is -2.07. The summed E-state index contributed by atoms with van der Waals surface area (Å²) in [6, 6.07) is 12.9. The Morgan fingerprint density at radius 3 is 2.41 bits per heavy atom. The van der Waals surface area contributed by atoms with Gasteiger partial charge < -0.3 is 4.74 Å². The lowest BCUT2D eigenvalue weighted by Crippen LogP contribution is -1.92. The first-order valence-electron chi connectivity index (χ1n) is 6.25. The number of hydrogen-bond donors (Lipinski definition) is 0. The van der Waals surface area contributed by atoms with Gasteiger partial charge in [0.25, 0.3) is 0 Å². The number of hydrogen-bond acceptors (Lipinski definition) is 1.